The number of methoxy groups -OCH3 is 1. The molecule has 0 spiro atoms. The zero-order chi connectivity index (χ0) is 17.9. The first-order valence-electron chi connectivity index (χ1n) is 8.58. The summed E-state index contributed by atoms with van der Waals surface area (Å²) in [6.45, 7) is 0. The normalized spacial score (nSPS) is 10.8. The number of carbonyl (C=O) groups is 1. The number of esters is 1. The van der Waals surface area contributed by atoms with Gasteiger partial charge in [-0.3, -0.25) is 0 Å². The lowest BCUT2D eigenvalue weighted by atomic mass is 10.0. The van der Waals surface area contributed by atoms with Crippen LogP contribution in [-0.2, 0) is 11.2 Å². The van der Waals surface area contributed by atoms with Crippen LogP contribution >= 0.6 is 0 Å². The Morgan fingerprint density at radius 2 is 1.58 bits per heavy atom. The van der Waals surface area contributed by atoms with Gasteiger partial charge in [-0.2, -0.15) is 0 Å². The van der Waals surface area contributed by atoms with E-state index in [0.29, 0.717) is 5.56 Å². The van der Waals surface area contributed by atoms with Gasteiger partial charge in [0.2, 0.25) is 0 Å². The number of benzene rings is 2. The summed E-state index contributed by atoms with van der Waals surface area (Å²) in [7, 11) is 1.43. The molecule has 2 aromatic heterocycles. The van der Waals surface area contributed by atoms with Crippen LogP contribution in [0.15, 0.2) is 85.1 Å². The Bertz CT molecular complexity index is 1050. The molecule has 0 aliphatic heterocycles. The van der Waals surface area contributed by atoms with Gasteiger partial charge >= 0.3 is 5.97 Å². The van der Waals surface area contributed by atoms with Crippen LogP contribution in [0.3, 0.4) is 0 Å². The fraction of sp³-hybridized carbons (Fsp3) is 0.0870. The average Bonchev–Trinajstić information content (AvgIpc) is 3.09. The zero-order valence-corrected chi connectivity index (χ0v) is 14.6. The van der Waals surface area contributed by atoms with E-state index in [1.165, 1.54) is 12.7 Å². The molecule has 4 aromatic rings. The Morgan fingerprint density at radius 3 is 2.27 bits per heavy atom. The van der Waals surface area contributed by atoms with Crippen molar-refractivity contribution in [3.63, 3.8) is 0 Å². The van der Waals surface area contributed by atoms with Gasteiger partial charge in [-0.1, -0.05) is 66.7 Å². The molecule has 3 nitrogen and oxygen atoms in total. The molecule has 0 amide bonds. The van der Waals surface area contributed by atoms with E-state index < -0.39 is 0 Å². The molecule has 128 valence electrons. The van der Waals surface area contributed by atoms with Crippen molar-refractivity contribution in [3.05, 3.63) is 102 Å². The molecule has 26 heavy (non-hydrogen) atoms. The predicted molar refractivity (Wildman–Crippen MR) is 103 cm³/mol. The first-order chi connectivity index (χ1) is 12.8. The minimum atomic E-state index is -0.316. The molecule has 2 heterocycles. The molecule has 0 unspecified atom stereocenters. The van der Waals surface area contributed by atoms with Gasteiger partial charge in [-0.05, 0) is 23.3 Å². The van der Waals surface area contributed by atoms with Crippen LogP contribution < -0.4 is 0 Å². The number of aromatic nitrogens is 1. The van der Waals surface area contributed by atoms with E-state index >= 15 is 0 Å². The second-order valence-electron chi connectivity index (χ2n) is 6.21. The van der Waals surface area contributed by atoms with Crippen molar-refractivity contribution in [1.82, 2.24) is 4.40 Å². The van der Waals surface area contributed by atoms with Crippen LogP contribution in [0.2, 0.25) is 0 Å². The number of carbonyl (C=O) groups excluding carboxylic acids is 1. The van der Waals surface area contributed by atoms with E-state index in [4.69, 9.17) is 4.74 Å². The molecule has 0 radical (unpaired) electrons. The van der Waals surface area contributed by atoms with E-state index in [2.05, 4.69) is 22.6 Å². The van der Waals surface area contributed by atoms with Gasteiger partial charge < -0.3 is 9.14 Å². The number of hydrogen-bond acceptors (Lipinski definition) is 2. The third kappa shape index (κ3) is 2.88. The maximum Gasteiger partial charge on any atom is 0.340 e. The molecule has 0 fully saturated rings. The summed E-state index contributed by atoms with van der Waals surface area (Å²) in [5.41, 5.74) is 5.72. The van der Waals surface area contributed by atoms with Gasteiger partial charge in [-0.25, -0.2) is 4.79 Å². The van der Waals surface area contributed by atoms with Gasteiger partial charge in [0.05, 0.1) is 18.2 Å². The molecular formula is C23H19NO2. The summed E-state index contributed by atoms with van der Waals surface area (Å²) in [6, 6.07) is 26.3. The molecule has 4 rings (SSSR count). The van der Waals surface area contributed by atoms with Crippen molar-refractivity contribution in [3.8, 4) is 11.1 Å². The second-order valence-corrected chi connectivity index (χ2v) is 6.21. The first kappa shape index (κ1) is 16.2. The topological polar surface area (TPSA) is 30.7 Å². The zero-order valence-electron chi connectivity index (χ0n) is 14.6. The molecule has 0 saturated heterocycles. The molecule has 0 N–H and O–H groups in total. The fourth-order valence-electron chi connectivity index (χ4n) is 3.36. The van der Waals surface area contributed by atoms with Crippen LogP contribution in [0.25, 0.3) is 16.6 Å². The number of pyridine rings is 1. The van der Waals surface area contributed by atoms with Crippen LogP contribution in [-0.4, -0.2) is 17.5 Å². The van der Waals surface area contributed by atoms with Gasteiger partial charge in [0.25, 0.3) is 0 Å². The largest absolute Gasteiger partial charge is 0.465 e. The van der Waals surface area contributed by atoms with Crippen LogP contribution in [0, 0.1) is 0 Å². The van der Waals surface area contributed by atoms with E-state index in [-0.39, 0.29) is 5.97 Å². The number of hydrogen-bond donors (Lipinski definition) is 0. The van der Waals surface area contributed by atoms with Crippen LogP contribution in [0.1, 0.15) is 21.6 Å². The summed E-state index contributed by atoms with van der Waals surface area (Å²) in [6.07, 6.45) is 2.83. The molecule has 0 atom stereocenters. The quantitative estimate of drug-likeness (QED) is 0.490. The summed E-state index contributed by atoms with van der Waals surface area (Å²) in [5, 5.41) is 0. The summed E-state index contributed by atoms with van der Waals surface area (Å²) < 4.78 is 7.17. The monoisotopic (exact) mass is 341 g/mol. The highest BCUT2D eigenvalue weighted by atomic mass is 16.5. The standard InChI is InChI=1S/C23H19NO2/c1-26-23(25)22-20(18-11-6-3-7-12-18)16-24-19(13-8-14-21(22)24)15-17-9-4-2-5-10-17/h2-14,16H,15H2,1H3. The summed E-state index contributed by atoms with van der Waals surface area (Å²) >= 11 is 0. The van der Waals surface area contributed by atoms with Gasteiger partial charge in [0.15, 0.2) is 0 Å². The van der Waals surface area contributed by atoms with E-state index in [1.54, 1.807) is 0 Å². The van der Waals surface area contributed by atoms with Crippen molar-refractivity contribution in [2.24, 2.45) is 0 Å². The Kier molecular flexibility index (Phi) is 4.28. The van der Waals surface area contributed by atoms with Crippen molar-refractivity contribution in [1.29, 1.82) is 0 Å². The Morgan fingerprint density at radius 1 is 0.885 bits per heavy atom. The Hall–Kier alpha value is -3.33. The highest BCUT2D eigenvalue weighted by molar-refractivity contribution is 6.04. The molecule has 0 aliphatic rings. The SMILES string of the molecule is COC(=O)c1c(-c2ccccc2)cn2c(Cc3ccccc3)cccc12. The molecule has 0 aliphatic carbocycles. The fourth-order valence-corrected chi connectivity index (χ4v) is 3.36. The molecule has 0 bridgehead atoms. The van der Waals surface area contributed by atoms with Crippen molar-refractivity contribution >= 4 is 11.5 Å². The lowest BCUT2D eigenvalue weighted by Gasteiger charge is -2.07. The van der Waals surface area contributed by atoms with Gasteiger partial charge in [0, 0.05) is 23.9 Å². The predicted octanol–water partition coefficient (Wildman–Crippen LogP) is 4.98. The number of rotatable bonds is 4. The highest BCUT2D eigenvalue weighted by Gasteiger charge is 2.20. The Balaban J connectivity index is 1.92. The highest BCUT2D eigenvalue weighted by Crippen LogP contribution is 2.30. The van der Waals surface area contributed by atoms with Crippen LogP contribution in [0.4, 0.5) is 0 Å². The molecule has 0 saturated carbocycles. The maximum absolute atomic E-state index is 12.5. The minimum Gasteiger partial charge on any atom is -0.465 e. The third-order valence-electron chi connectivity index (χ3n) is 4.60. The Labute approximate surface area is 152 Å². The third-order valence-corrected chi connectivity index (χ3v) is 4.60. The van der Waals surface area contributed by atoms with Gasteiger partial charge in [-0.15, -0.1) is 0 Å². The number of fused-ring (bicyclic) bond motifs is 1. The van der Waals surface area contributed by atoms with E-state index in [1.807, 2.05) is 66.9 Å². The lowest BCUT2D eigenvalue weighted by Crippen LogP contribution is -2.03. The molecular weight excluding hydrogens is 322 g/mol. The van der Waals surface area contributed by atoms with Crippen molar-refractivity contribution < 1.29 is 9.53 Å². The number of ether oxygens (including phenoxy) is 1. The lowest BCUT2D eigenvalue weighted by molar-refractivity contribution is 0.0604. The van der Waals surface area contributed by atoms with Crippen LogP contribution in [0.5, 0.6) is 0 Å². The van der Waals surface area contributed by atoms with Crippen molar-refractivity contribution in [2.45, 2.75) is 6.42 Å². The minimum absolute atomic E-state index is 0.316. The van der Waals surface area contributed by atoms with Gasteiger partial charge in [0.1, 0.15) is 0 Å². The maximum atomic E-state index is 12.5. The molecule has 2 aromatic carbocycles. The average molecular weight is 341 g/mol. The van der Waals surface area contributed by atoms with Crippen molar-refractivity contribution in [2.75, 3.05) is 7.11 Å². The first-order valence-corrected chi connectivity index (χ1v) is 8.58. The van der Waals surface area contributed by atoms with E-state index in [9.17, 15) is 4.79 Å². The summed E-state index contributed by atoms with van der Waals surface area (Å²) in [4.78, 5) is 12.5. The second kappa shape index (κ2) is 6.89. The van der Waals surface area contributed by atoms with E-state index in [0.717, 1.165) is 28.8 Å². The summed E-state index contributed by atoms with van der Waals surface area (Å²) in [5.74, 6) is -0.316. The molecule has 3 heteroatoms. The number of nitrogens with zero attached hydrogens (tertiary/aromatic N) is 1. The smallest absolute Gasteiger partial charge is 0.340 e.